The largest absolute Gasteiger partial charge is 0.416 e. The fraction of sp³-hybridized carbons (Fsp3) is 0.579. The van der Waals surface area contributed by atoms with Gasteiger partial charge in [0.1, 0.15) is 0 Å². The Morgan fingerprint density at radius 2 is 1.81 bits per heavy atom. The number of carbonyl (C=O) groups excluding carboxylic acids is 2. The molecule has 1 spiro atoms. The van der Waals surface area contributed by atoms with E-state index in [9.17, 15) is 22.8 Å². The Kier molecular flexibility index (Phi) is 4.00. The summed E-state index contributed by atoms with van der Waals surface area (Å²) in [6.45, 7) is 1.60. The Morgan fingerprint density at radius 1 is 1.04 bits per heavy atom. The summed E-state index contributed by atoms with van der Waals surface area (Å²) >= 11 is 0. The SMILES string of the molecule is O=C(c1cc(N2CCCC2=O)cc(C(F)(F)F)c1)N1CCC2(CCC2)C1. The Bertz CT molecular complexity index is 756. The lowest BCUT2D eigenvalue weighted by Crippen LogP contribution is -2.36. The van der Waals surface area contributed by atoms with Crippen molar-refractivity contribution in [3.8, 4) is 0 Å². The van der Waals surface area contributed by atoms with Gasteiger partial charge in [0.05, 0.1) is 5.56 Å². The molecule has 140 valence electrons. The number of benzene rings is 1. The van der Waals surface area contributed by atoms with E-state index in [4.69, 9.17) is 0 Å². The molecule has 2 saturated heterocycles. The molecule has 1 aromatic carbocycles. The summed E-state index contributed by atoms with van der Waals surface area (Å²) in [7, 11) is 0. The van der Waals surface area contributed by atoms with Crippen molar-refractivity contribution in [1.82, 2.24) is 4.90 Å². The maximum atomic E-state index is 13.3. The molecule has 0 unspecified atom stereocenters. The van der Waals surface area contributed by atoms with Crippen LogP contribution < -0.4 is 4.90 Å². The first kappa shape index (κ1) is 17.4. The summed E-state index contributed by atoms with van der Waals surface area (Å²) in [5, 5.41) is 0. The number of alkyl halides is 3. The van der Waals surface area contributed by atoms with Crippen molar-refractivity contribution in [3.63, 3.8) is 0 Å². The van der Waals surface area contributed by atoms with E-state index in [0.717, 1.165) is 37.8 Å². The molecule has 3 fully saturated rings. The van der Waals surface area contributed by atoms with Gasteiger partial charge in [-0.3, -0.25) is 9.59 Å². The van der Waals surface area contributed by atoms with Crippen molar-refractivity contribution in [2.45, 2.75) is 44.7 Å². The minimum absolute atomic E-state index is 0.0194. The molecule has 2 amide bonds. The topological polar surface area (TPSA) is 40.6 Å². The predicted molar refractivity (Wildman–Crippen MR) is 89.8 cm³/mol. The van der Waals surface area contributed by atoms with Crippen LogP contribution in [0.25, 0.3) is 0 Å². The third kappa shape index (κ3) is 2.97. The molecule has 7 heteroatoms. The van der Waals surface area contributed by atoms with Crippen LogP contribution in [0.4, 0.5) is 18.9 Å². The van der Waals surface area contributed by atoms with Gasteiger partial charge in [-0.25, -0.2) is 0 Å². The zero-order chi connectivity index (χ0) is 18.5. The molecule has 1 saturated carbocycles. The average Bonchev–Trinajstić information content (AvgIpc) is 3.19. The van der Waals surface area contributed by atoms with Gasteiger partial charge in [0.25, 0.3) is 5.91 Å². The standard InChI is InChI=1S/C19H21F3N2O2/c20-19(21,22)14-9-13(10-15(11-14)24-7-1-3-16(24)25)17(26)23-8-6-18(12-23)4-2-5-18/h9-11H,1-8,12H2. The molecule has 1 aliphatic carbocycles. The second-order valence-corrected chi connectivity index (χ2v) is 7.75. The van der Waals surface area contributed by atoms with Gasteiger partial charge in [0.2, 0.25) is 5.91 Å². The first-order valence-corrected chi connectivity index (χ1v) is 9.09. The predicted octanol–water partition coefficient (Wildman–Crippen LogP) is 3.85. The summed E-state index contributed by atoms with van der Waals surface area (Å²) < 4.78 is 40.0. The molecule has 0 N–H and O–H groups in total. The molecule has 0 aromatic heterocycles. The van der Waals surface area contributed by atoms with Crippen LogP contribution in [-0.2, 0) is 11.0 Å². The molecule has 0 atom stereocenters. The first-order chi connectivity index (χ1) is 12.3. The zero-order valence-electron chi connectivity index (χ0n) is 14.4. The molecular formula is C19H21F3N2O2. The van der Waals surface area contributed by atoms with Crippen molar-refractivity contribution in [2.24, 2.45) is 5.41 Å². The molecule has 4 rings (SSSR count). The highest BCUT2D eigenvalue weighted by molar-refractivity contribution is 5.99. The highest BCUT2D eigenvalue weighted by Crippen LogP contribution is 2.48. The minimum Gasteiger partial charge on any atom is -0.338 e. The van der Waals surface area contributed by atoms with Crippen molar-refractivity contribution < 1.29 is 22.8 Å². The number of likely N-dealkylation sites (tertiary alicyclic amines) is 1. The van der Waals surface area contributed by atoms with Gasteiger partial charge in [-0.15, -0.1) is 0 Å². The molecule has 2 heterocycles. The quantitative estimate of drug-likeness (QED) is 0.798. The zero-order valence-corrected chi connectivity index (χ0v) is 14.4. The van der Waals surface area contributed by atoms with E-state index in [0.29, 0.717) is 32.5 Å². The monoisotopic (exact) mass is 366 g/mol. The second kappa shape index (κ2) is 5.99. The van der Waals surface area contributed by atoms with E-state index in [1.54, 1.807) is 4.90 Å². The first-order valence-electron chi connectivity index (χ1n) is 9.09. The summed E-state index contributed by atoms with van der Waals surface area (Å²) in [6.07, 6.45) is 0.650. The maximum Gasteiger partial charge on any atom is 0.416 e. The molecule has 26 heavy (non-hydrogen) atoms. The van der Waals surface area contributed by atoms with Crippen LogP contribution in [0.3, 0.4) is 0 Å². The number of amides is 2. The lowest BCUT2D eigenvalue weighted by atomic mass is 9.68. The number of hydrogen-bond acceptors (Lipinski definition) is 2. The molecule has 3 aliphatic rings. The van der Waals surface area contributed by atoms with Gasteiger partial charge in [-0.05, 0) is 49.3 Å². The van der Waals surface area contributed by atoms with Crippen molar-refractivity contribution in [3.05, 3.63) is 29.3 Å². The van der Waals surface area contributed by atoms with E-state index >= 15 is 0 Å². The Labute approximate surface area is 149 Å². The van der Waals surface area contributed by atoms with Gasteiger partial charge in [0.15, 0.2) is 0 Å². The highest BCUT2D eigenvalue weighted by Gasteiger charge is 2.44. The van der Waals surface area contributed by atoms with Gasteiger partial charge >= 0.3 is 6.18 Å². The van der Waals surface area contributed by atoms with Crippen molar-refractivity contribution in [2.75, 3.05) is 24.5 Å². The number of hydrogen-bond donors (Lipinski definition) is 0. The molecule has 2 aliphatic heterocycles. The third-order valence-electron chi connectivity index (χ3n) is 6.02. The molecule has 0 bridgehead atoms. The van der Waals surface area contributed by atoms with Crippen LogP contribution in [0, 0.1) is 5.41 Å². The average molecular weight is 366 g/mol. The van der Waals surface area contributed by atoms with Crippen LogP contribution >= 0.6 is 0 Å². The number of anilines is 1. The molecule has 0 radical (unpaired) electrons. The van der Waals surface area contributed by atoms with E-state index in [1.807, 2.05) is 0 Å². The van der Waals surface area contributed by atoms with Crippen LogP contribution in [0.2, 0.25) is 0 Å². The maximum absolute atomic E-state index is 13.3. The molecule has 4 nitrogen and oxygen atoms in total. The molecular weight excluding hydrogens is 345 g/mol. The number of carbonyl (C=O) groups is 2. The van der Waals surface area contributed by atoms with E-state index in [-0.39, 0.29) is 28.5 Å². The van der Waals surface area contributed by atoms with E-state index in [2.05, 4.69) is 0 Å². The lowest BCUT2D eigenvalue weighted by molar-refractivity contribution is -0.137. The van der Waals surface area contributed by atoms with Crippen LogP contribution in [0.5, 0.6) is 0 Å². The smallest absolute Gasteiger partial charge is 0.338 e. The summed E-state index contributed by atoms with van der Waals surface area (Å²) in [4.78, 5) is 27.8. The summed E-state index contributed by atoms with van der Waals surface area (Å²) in [5.74, 6) is -0.565. The number of rotatable bonds is 2. The van der Waals surface area contributed by atoms with E-state index < -0.39 is 11.7 Å². The van der Waals surface area contributed by atoms with E-state index in [1.165, 1.54) is 11.0 Å². The fourth-order valence-electron chi connectivity index (χ4n) is 4.35. The van der Waals surface area contributed by atoms with Gasteiger partial charge in [-0.1, -0.05) is 6.42 Å². The van der Waals surface area contributed by atoms with Crippen LogP contribution in [0.15, 0.2) is 18.2 Å². The minimum atomic E-state index is -4.56. The highest BCUT2D eigenvalue weighted by atomic mass is 19.4. The van der Waals surface area contributed by atoms with Gasteiger partial charge in [0, 0.05) is 37.3 Å². The van der Waals surface area contributed by atoms with Gasteiger partial charge < -0.3 is 9.80 Å². The second-order valence-electron chi connectivity index (χ2n) is 7.75. The summed E-state index contributed by atoms with van der Waals surface area (Å²) in [6, 6.07) is 3.32. The molecule has 1 aromatic rings. The fourth-order valence-corrected chi connectivity index (χ4v) is 4.35. The number of halogens is 3. The van der Waals surface area contributed by atoms with Crippen LogP contribution in [0.1, 0.15) is 54.4 Å². The number of nitrogens with zero attached hydrogens (tertiary/aromatic N) is 2. The normalized spacial score (nSPS) is 22.2. The summed E-state index contributed by atoms with van der Waals surface area (Å²) in [5.41, 5.74) is -0.505. The third-order valence-corrected chi connectivity index (χ3v) is 6.02. The Balaban J connectivity index is 1.66. The van der Waals surface area contributed by atoms with Crippen molar-refractivity contribution >= 4 is 17.5 Å². The van der Waals surface area contributed by atoms with Crippen LogP contribution in [-0.4, -0.2) is 36.3 Å². The Hall–Kier alpha value is -2.05. The van der Waals surface area contributed by atoms with Gasteiger partial charge in [-0.2, -0.15) is 13.2 Å². The van der Waals surface area contributed by atoms with Crippen molar-refractivity contribution in [1.29, 1.82) is 0 Å². The lowest BCUT2D eigenvalue weighted by Gasteiger charge is -2.38. The Morgan fingerprint density at radius 3 is 2.35 bits per heavy atom.